The summed E-state index contributed by atoms with van der Waals surface area (Å²) in [4.78, 5) is 25.3. The van der Waals surface area contributed by atoms with Crippen LogP contribution in [0.5, 0.6) is 0 Å². The quantitative estimate of drug-likeness (QED) is 0.285. The molecule has 5 rings (SSSR count). The lowest BCUT2D eigenvalue weighted by Crippen LogP contribution is -2.21. The van der Waals surface area contributed by atoms with Crippen LogP contribution < -0.4 is 5.32 Å². The predicted molar refractivity (Wildman–Crippen MR) is 126 cm³/mol. The molecule has 0 fully saturated rings. The van der Waals surface area contributed by atoms with Gasteiger partial charge in [0.25, 0.3) is 5.91 Å². The maximum atomic E-state index is 13.1. The summed E-state index contributed by atoms with van der Waals surface area (Å²) in [5.41, 5.74) is 1.45. The molecule has 1 aliphatic rings. The number of fused-ring (bicyclic) bond motifs is 2. The third kappa shape index (κ3) is 4.08. The molecule has 4 aromatic rings. The Balaban J connectivity index is 1.35. The molecule has 1 aromatic heterocycles. The molecule has 0 spiro atoms. The number of amides is 1. The molecular formula is C23H15N3O4S3. The number of nitrogens with one attached hydrogen (secondary N) is 1. The third-order valence-corrected chi connectivity index (χ3v) is 8.93. The van der Waals surface area contributed by atoms with Crippen LogP contribution in [0.1, 0.15) is 31.8 Å². The number of benzene rings is 3. The molecular weight excluding hydrogens is 478 g/mol. The van der Waals surface area contributed by atoms with Crippen molar-refractivity contribution in [1.82, 2.24) is 10.2 Å². The topological polar surface area (TPSA) is 106 Å². The van der Waals surface area contributed by atoms with Gasteiger partial charge >= 0.3 is 0 Å². The summed E-state index contributed by atoms with van der Waals surface area (Å²) >= 11 is 2.74. The number of thioether (sulfide) groups is 1. The van der Waals surface area contributed by atoms with E-state index < -0.39 is 15.7 Å². The first-order valence-electron chi connectivity index (χ1n) is 9.78. The van der Waals surface area contributed by atoms with Gasteiger partial charge in [0.1, 0.15) is 0 Å². The fraction of sp³-hybridized carbons (Fsp3) is 0.0435. The Kier molecular flexibility index (Phi) is 5.57. The zero-order chi connectivity index (χ0) is 23.0. The molecule has 164 valence electrons. The van der Waals surface area contributed by atoms with Gasteiger partial charge in [-0.15, -0.1) is 10.2 Å². The maximum absolute atomic E-state index is 13.1. The second-order valence-electron chi connectivity index (χ2n) is 7.14. The van der Waals surface area contributed by atoms with E-state index in [1.807, 2.05) is 30.3 Å². The molecule has 0 atom stereocenters. The number of rotatable bonds is 5. The van der Waals surface area contributed by atoms with E-state index in [0.717, 1.165) is 11.3 Å². The van der Waals surface area contributed by atoms with Crippen LogP contribution in [0.15, 0.2) is 86.9 Å². The van der Waals surface area contributed by atoms with E-state index in [4.69, 9.17) is 0 Å². The lowest BCUT2D eigenvalue weighted by molar-refractivity contribution is 0.101. The standard InChI is InChI=1S/C23H15N3O4S3/c27-20-16-8-4-5-9-18(16)33(29,30)19-12-15(10-11-17(19)20)21(28)24-22-25-26-23(32-22)31-13-14-6-2-1-3-7-14/h1-12H,13H2,(H,24,25,28). The van der Waals surface area contributed by atoms with Crippen LogP contribution in [0.4, 0.5) is 5.13 Å². The second kappa shape index (κ2) is 8.54. The maximum Gasteiger partial charge on any atom is 0.257 e. The molecule has 3 aromatic carbocycles. The monoisotopic (exact) mass is 493 g/mol. The minimum absolute atomic E-state index is 0.0516. The molecule has 0 radical (unpaired) electrons. The average molecular weight is 494 g/mol. The molecule has 7 nitrogen and oxygen atoms in total. The van der Waals surface area contributed by atoms with Crippen molar-refractivity contribution in [3.63, 3.8) is 0 Å². The molecule has 0 bridgehead atoms. The van der Waals surface area contributed by atoms with E-state index >= 15 is 0 Å². The van der Waals surface area contributed by atoms with Crippen LogP contribution in [0.2, 0.25) is 0 Å². The zero-order valence-electron chi connectivity index (χ0n) is 16.9. The number of carbonyl (C=O) groups excluding carboxylic acids is 2. The second-order valence-corrected chi connectivity index (χ2v) is 11.2. The van der Waals surface area contributed by atoms with Crippen LogP contribution in [0.25, 0.3) is 0 Å². The number of hydrogen-bond acceptors (Lipinski definition) is 8. The third-order valence-electron chi connectivity index (χ3n) is 5.03. The Labute approximate surface area is 197 Å². The van der Waals surface area contributed by atoms with Crippen LogP contribution >= 0.6 is 23.1 Å². The fourth-order valence-electron chi connectivity index (χ4n) is 3.43. The molecule has 33 heavy (non-hydrogen) atoms. The highest BCUT2D eigenvalue weighted by molar-refractivity contribution is 8.00. The van der Waals surface area contributed by atoms with Crippen molar-refractivity contribution in [2.75, 3.05) is 5.32 Å². The summed E-state index contributed by atoms with van der Waals surface area (Å²) in [5.74, 6) is -0.191. The van der Waals surface area contributed by atoms with E-state index in [2.05, 4.69) is 15.5 Å². The van der Waals surface area contributed by atoms with Crippen molar-refractivity contribution in [2.24, 2.45) is 0 Å². The van der Waals surface area contributed by atoms with Gasteiger partial charge in [0.2, 0.25) is 15.0 Å². The van der Waals surface area contributed by atoms with Crippen molar-refractivity contribution >= 4 is 49.8 Å². The van der Waals surface area contributed by atoms with Crippen molar-refractivity contribution in [3.05, 3.63) is 95.1 Å². The van der Waals surface area contributed by atoms with E-state index in [1.54, 1.807) is 12.1 Å². The van der Waals surface area contributed by atoms with Gasteiger partial charge in [-0.05, 0) is 35.9 Å². The molecule has 0 aliphatic carbocycles. The van der Waals surface area contributed by atoms with Gasteiger partial charge in [0, 0.05) is 22.4 Å². The van der Waals surface area contributed by atoms with E-state index in [1.165, 1.54) is 53.4 Å². The normalized spacial score (nSPS) is 13.8. The number of aromatic nitrogens is 2. The smallest absolute Gasteiger partial charge is 0.257 e. The molecule has 1 amide bonds. The highest BCUT2D eigenvalue weighted by Crippen LogP contribution is 2.35. The largest absolute Gasteiger partial charge is 0.296 e. The summed E-state index contributed by atoms with van der Waals surface area (Å²) in [7, 11) is -3.92. The van der Waals surface area contributed by atoms with Crippen molar-refractivity contribution in [2.45, 2.75) is 19.9 Å². The van der Waals surface area contributed by atoms with Crippen molar-refractivity contribution in [1.29, 1.82) is 0 Å². The van der Waals surface area contributed by atoms with Gasteiger partial charge in [-0.25, -0.2) is 8.42 Å². The molecule has 1 N–H and O–H groups in total. The minimum Gasteiger partial charge on any atom is -0.296 e. The van der Waals surface area contributed by atoms with Crippen LogP contribution in [0.3, 0.4) is 0 Å². The molecule has 2 heterocycles. The summed E-state index contributed by atoms with van der Waals surface area (Å²) in [6.45, 7) is 0. The van der Waals surface area contributed by atoms with Gasteiger partial charge in [-0.3, -0.25) is 14.9 Å². The van der Waals surface area contributed by atoms with Crippen molar-refractivity contribution in [3.8, 4) is 0 Å². The number of ketones is 1. The summed E-state index contributed by atoms with van der Waals surface area (Å²) in [6, 6.07) is 20.0. The van der Waals surface area contributed by atoms with Crippen molar-refractivity contribution < 1.29 is 18.0 Å². The first-order valence-corrected chi connectivity index (χ1v) is 13.1. The molecule has 1 aliphatic heterocycles. The Bertz CT molecular complexity index is 1500. The Hall–Kier alpha value is -3.34. The number of sulfone groups is 1. The molecule has 0 saturated carbocycles. The van der Waals surface area contributed by atoms with Crippen LogP contribution in [-0.4, -0.2) is 30.3 Å². The fourth-order valence-corrected chi connectivity index (χ4v) is 6.81. The summed E-state index contributed by atoms with van der Waals surface area (Å²) in [6.07, 6.45) is 0. The number of nitrogens with zero attached hydrogens (tertiary/aromatic N) is 2. The van der Waals surface area contributed by atoms with Gasteiger partial charge in [-0.2, -0.15) is 0 Å². The highest BCUT2D eigenvalue weighted by atomic mass is 32.2. The Morgan fingerprint density at radius 3 is 2.45 bits per heavy atom. The lowest BCUT2D eigenvalue weighted by Gasteiger charge is -2.19. The van der Waals surface area contributed by atoms with Gasteiger partial charge in [0.15, 0.2) is 10.1 Å². The molecule has 10 heteroatoms. The number of carbonyl (C=O) groups is 2. The van der Waals surface area contributed by atoms with Gasteiger partial charge in [0.05, 0.1) is 9.79 Å². The lowest BCUT2D eigenvalue weighted by atomic mass is 10.0. The van der Waals surface area contributed by atoms with E-state index in [-0.39, 0.29) is 32.3 Å². The highest BCUT2D eigenvalue weighted by Gasteiger charge is 2.35. The Morgan fingerprint density at radius 1 is 0.909 bits per heavy atom. The van der Waals surface area contributed by atoms with Gasteiger partial charge < -0.3 is 0 Å². The minimum atomic E-state index is -3.92. The number of anilines is 1. The molecule has 0 saturated heterocycles. The predicted octanol–water partition coefficient (Wildman–Crippen LogP) is 4.46. The van der Waals surface area contributed by atoms with Crippen LogP contribution in [0, 0.1) is 0 Å². The number of hydrogen-bond donors (Lipinski definition) is 1. The summed E-state index contributed by atoms with van der Waals surface area (Å²) < 4.78 is 26.8. The molecule has 0 unspecified atom stereocenters. The van der Waals surface area contributed by atoms with E-state index in [0.29, 0.717) is 9.47 Å². The first kappa shape index (κ1) is 21.5. The van der Waals surface area contributed by atoms with E-state index in [9.17, 15) is 18.0 Å². The SMILES string of the molecule is O=C(Nc1nnc(SCc2ccccc2)s1)c1ccc2c(c1)S(=O)(=O)c1ccccc1C2=O. The summed E-state index contributed by atoms with van der Waals surface area (Å²) in [5, 5.41) is 11.0. The van der Waals surface area contributed by atoms with Gasteiger partial charge in [-0.1, -0.05) is 65.6 Å². The zero-order valence-corrected chi connectivity index (χ0v) is 19.3. The van der Waals surface area contributed by atoms with Crippen LogP contribution in [-0.2, 0) is 15.6 Å². The average Bonchev–Trinajstić information content (AvgIpc) is 3.29. The first-order chi connectivity index (χ1) is 15.9. The Morgan fingerprint density at radius 2 is 1.64 bits per heavy atom.